The van der Waals surface area contributed by atoms with Gasteiger partial charge in [0, 0.05) is 11.9 Å². The lowest BCUT2D eigenvalue weighted by Gasteiger charge is -2.31. The third-order valence-corrected chi connectivity index (χ3v) is 6.74. The SMILES string of the molecule is CCOP(=O)(OCC)C(NC(c1ccccc1)c1ccccc1)c1ccc[nH]1. The van der Waals surface area contributed by atoms with Gasteiger partial charge in [-0.05, 0) is 37.1 Å². The van der Waals surface area contributed by atoms with E-state index in [-0.39, 0.29) is 6.04 Å². The van der Waals surface area contributed by atoms with Crippen LogP contribution in [0.1, 0.15) is 42.5 Å². The molecule has 0 amide bonds. The standard InChI is InChI=1S/C22H27N2O3P/c1-3-26-28(25,27-4-2)22(20-16-11-17-23-20)24-21(18-12-7-5-8-13-18)19-14-9-6-10-15-19/h5-17,21-24H,3-4H2,1-2H3. The predicted molar refractivity (Wildman–Crippen MR) is 112 cm³/mol. The van der Waals surface area contributed by atoms with Gasteiger partial charge in [0.2, 0.25) is 0 Å². The molecule has 0 aliphatic heterocycles. The molecule has 6 heteroatoms. The van der Waals surface area contributed by atoms with Crippen LogP contribution in [-0.2, 0) is 13.6 Å². The van der Waals surface area contributed by atoms with Gasteiger partial charge in [-0.3, -0.25) is 9.88 Å². The Kier molecular flexibility index (Phi) is 7.24. The van der Waals surface area contributed by atoms with E-state index in [9.17, 15) is 4.57 Å². The Bertz CT molecular complexity index is 820. The lowest BCUT2D eigenvalue weighted by molar-refractivity contribution is 0.205. The fraction of sp³-hybridized carbons (Fsp3) is 0.273. The summed E-state index contributed by atoms with van der Waals surface area (Å²) in [4.78, 5) is 3.17. The number of hydrogen-bond donors (Lipinski definition) is 2. The molecule has 148 valence electrons. The lowest BCUT2D eigenvalue weighted by atomic mass is 9.98. The third kappa shape index (κ3) is 4.81. The zero-order valence-electron chi connectivity index (χ0n) is 16.2. The van der Waals surface area contributed by atoms with Gasteiger partial charge in [0.1, 0.15) is 0 Å². The van der Waals surface area contributed by atoms with Crippen molar-refractivity contribution in [2.75, 3.05) is 13.2 Å². The molecule has 0 fully saturated rings. The van der Waals surface area contributed by atoms with E-state index in [0.29, 0.717) is 13.2 Å². The summed E-state index contributed by atoms with van der Waals surface area (Å²) in [6, 6.07) is 23.8. The van der Waals surface area contributed by atoms with Gasteiger partial charge in [0.05, 0.1) is 19.3 Å². The first-order valence-electron chi connectivity index (χ1n) is 9.56. The van der Waals surface area contributed by atoms with Crippen molar-refractivity contribution in [3.8, 4) is 0 Å². The van der Waals surface area contributed by atoms with Crippen molar-refractivity contribution in [3.63, 3.8) is 0 Å². The van der Waals surface area contributed by atoms with E-state index >= 15 is 0 Å². The summed E-state index contributed by atoms with van der Waals surface area (Å²) in [5, 5.41) is 3.55. The number of hydrogen-bond acceptors (Lipinski definition) is 4. The maximum Gasteiger partial charge on any atom is 0.353 e. The molecule has 1 heterocycles. The van der Waals surface area contributed by atoms with Crippen molar-refractivity contribution in [2.45, 2.75) is 25.7 Å². The van der Waals surface area contributed by atoms with Crippen LogP contribution in [0.2, 0.25) is 0 Å². The van der Waals surface area contributed by atoms with E-state index in [1.54, 1.807) is 0 Å². The highest BCUT2D eigenvalue weighted by molar-refractivity contribution is 7.54. The van der Waals surface area contributed by atoms with Gasteiger partial charge in [-0.1, -0.05) is 60.7 Å². The van der Waals surface area contributed by atoms with Crippen LogP contribution in [0.25, 0.3) is 0 Å². The quantitative estimate of drug-likeness (QED) is 0.433. The average Bonchev–Trinajstić information content (AvgIpc) is 3.24. The van der Waals surface area contributed by atoms with Crippen molar-refractivity contribution in [1.82, 2.24) is 10.3 Å². The van der Waals surface area contributed by atoms with E-state index in [4.69, 9.17) is 9.05 Å². The van der Waals surface area contributed by atoms with Crippen molar-refractivity contribution < 1.29 is 13.6 Å². The van der Waals surface area contributed by atoms with Crippen LogP contribution in [0.5, 0.6) is 0 Å². The maximum atomic E-state index is 13.7. The summed E-state index contributed by atoms with van der Waals surface area (Å²) in [5.74, 6) is -0.632. The molecule has 0 spiro atoms. The minimum atomic E-state index is -3.46. The van der Waals surface area contributed by atoms with Crippen molar-refractivity contribution in [2.24, 2.45) is 0 Å². The highest BCUT2D eigenvalue weighted by Crippen LogP contribution is 2.60. The van der Waals surface area contributed by atoms with E-state index in [2.05, 4.69) is 34.6 Å². The molecule has 1 aromatic heterocycles. The Morgan fingerprint density at radius 2 is 1.39 bits per heavy atom. The highest BCUT2D eigenvalue weighted by Gasteiger charge is 2.39. The third-order valence-electron chi connectivity index (χ3n) is 4.44. The van der Waals surface area contributed by atoms with Gasteiger partial charge in [-0.2, -0.15) is 0 Å². The Morgan fingerprint density at radius 3 is 1.82 bits per heavy atom. The first-order valence-corrected chi connectivity index (χ1v) is 11.2. The number of H-pyrrole nitrogens is 1. The number of aromatic amines is 1. The van der Waals surface area contributed by atoms with Crippen LogP contribution >= 0.6 is 7.60 Å². The molecule has 0 aliphatic carbocycles. The van der Waals surface area contributed by atoms with Gasteiger partial charge in [-0.15, -0.1) is 0 Å². The second-order valence-electron chi connectivity index (χ2n) is 6.32. The second-order valence-corrected chi connectivity index (χ2v) is 8.44. The van der Waals surface area contributed by atoms with Gasteiger partial charge in [0.15, 0.2) is 5.78 Å². The topological polar surface area (TPSA) is 63.4 Å². The van der Waals surface area contributed by atoms with Crippen molar-refractivity contribution in [1.29, 1.82) is 0 Å². The number of benzene rings is 2. The molecule has 1 unspecified atom stereocenters. The summed E-state index contributed by atoms with van der Waals surface area (Å²) >= 11 is 0. The van der Waals surface area contributed by atoms with Gasteiger partial charge in [0.25, 0.3) is 0 Å². The first-order chi connectivity index (χ1) is 13.7. The number of aromatic nitrogens is 1. The van der Waals surface area contributed by atoms with E-state index in [1.807, 2.05) is 68.6 Å². The minimum Gasteiger partial charge on any atom is -0.363 e. The van der Waals surface area contributed by atoms with Crippen LogP contribution in [-0.4, -0.2) is 18.2 Å². The normalized spacial score (nSPS) is 13.0. The van der Waals surface area contributed by atoms with Crippen LogP contribution < -0.4 is 5.32 Å². The summed E-state index contributed by atoms with van der Waals surface area (Å²) in [5.41, 5.74) is 2.91. The Morgan fingerprint density at radius 1 is 0.857 bits per heavy atom. The van der Waals surface area contributed by atoms with Gasteiger partial charge in [-0.25, -0.2) is 0 Å². The molecule has 0 radical (unpaired) electrons. The van der Waals surface area contributed by atoms with Crippen LogP contribution in [0.4, 0.5) is 0 Å². The van der Waals surface area contributed by atoms with Crippen LogP contribution in [0, 0.1) is 0 Å². The molecular weight excluding hydrogens is 371 g/mol. The molecule has 3 aromatic rings. The first kappa shape index (κ1) is 20.6. The number of rotatable bonds is 10. The highest BCUT2D eigenvalue weighted by atomic mass is 31.2. The molecule has 3 rings (SSSR count). The fourth-order valence-corrected chi connectivity index (χ4v) is 5.17. The van der Waals surface area contributed by atoms with Crippen LogP contribution in [0.15, 0.2) is 79.0 Å². The Balaban J connectivity index is 2.04. The molecule has 2 aromatic carbocycles. The molecule has 1 atom stereocenters. The minimum absolute atomic E-state index is 0.176. The molecule has 0 bridgehead atoms. The van der Waals surface area contributed by atoms with E-state index < -0.39 is 13.4 Å². The molecule has 0 aliphatic rings. The average molecular weight is 398 g/mol. The molecule has 28 heavy (non-hydrogen) atoms. The summed E-state index contributed by atoms with van der Waals surface area (Å²) in [6.07, 6.45) is 1.81. The van der Waals surface area contributed by atoms with Crippen molar-refractivity contribution in [3.05, 3.63) is 95.8 Å². The maximum absolute atomic E-state index is 13.7. The molecule has 2 N–H and O–H groups in total. The van der Waals surface area contributed by atoms with Crippen LogP contribution in [0.3, 0.4) is 0 Å². The zero-order valence-corrected chi connectivity index (χ0v) is 17.1. The molecule has 5 nitrogen and oxygen atoms in total. The summed E-state index contributed by atoms with van der Waals surface area (Å²) in [6.45, 7) is 4.25. The molecule has 0 saturated carbocycles. The predicted octanol–water partition coefficient (Wildman–Crippen LogP) is 5.66. The largest absolute Gasteiger partial charge is 0.363 e. The molecule has 0 saturated heterocycles. The second kappa shape index (κ2) is 9.85. The number of nitrogens with one attached hydrogen (secondary N) is 2. The van der Waals surface area contributed by atoms with E-state index in [1.165, 1.54) is 0 Å². The van der Waals surface area contributed by atoms with Crippen molar-refractivity contribution >= 4 is 7.60 Å². The van der Waals surface area contributed by atoms with Gasteiger partial charge >= 0.3 is 7.60 Å². The smallest absolute Gasteiger partial charge is 0.353 e. The Labute approximate surface area is 166 Å². The summed E-state index contributed by atoms with van der Waals surface area (Å²) in [7, 11) is -3.46. The van der Waals surface area contributed by atoms with E-state index in [0.717, 1.165) is 16.8 Å². The monoisotopic (exact) mass is 398 g/mol. The summed E-state index contributed by atoms with van der Waals surface area (Å²) < 4.78 is 25.0. The fourth-order valence-electron chi connectivity index (χ4n) is 3.25. The lowest BCUT2D eigenvalue weighted by Crippen LogP contribution is -2.29. The zero-order chi connectivity index (χ0) is 19.8. The van der Waals surface area contributed by atoms with Gasteiger partial charge < -0.3 is 14.0 Å². The Hall–Kier alpha value is -2.17. The molecular formula is C22H27N2O3P.